The third-order valence-corrected chi connectivity index (χ3v) is 3.23. The maximum Gasteiger partial charge on any atom is 0.163 e. The van der Waals surface area contributed by atoms with Gasteiger partial charge in [0.15, 0.2) is 5.78 Å². The van der Waals surface area contributed by atoms with E-state index in [0.717, 1.165) is 5.57 Å². The number of ketones is 1. The molecule has 0 aromatic heterocycles. The number of aromatic hydroxyl groups is 1. The van der Waals surface area contributed by atoms with Crippen LogP contribution in [-0.2, 0) is 0 Å². The summed E-state index contributed by atoms with van der Waals surface area (Å²) in [6.45, 7) is 3.49. The van der Waals surface area contributed by atoms with Gasteiger partial charge in [0.05, 0.1) is 5.56 Å². The summed E-state index contributed by atoms with van der Waals surface area (Å²) in [5.41, 5.74) is 1.12. The fourth-order valence-electron chi connectivity index (χ4n) is 2.03. The van der Waals surface area contributed by atoms with Gasteiger partial charge in [-0.2, -0.15) is 0 Å². The minimum Gasteiger partial charge on any atom is -0.507 e. The summed E-state index contributed by atoms with van der Waals surface area (Å²) in [5.74, 6) is 0.0534. The van der Waals surface area contributed by atoms with E-state index in [1.54, 1.807) is 12.1 Å². The Balaban J connectivity index is 2.05. The molecule has 0 saturated heterocycles. The Hall–Kier alpha value is -2.10. The highest BCUT2D eigenvalue weighted by Crippen LogP contribution is 2.25. The maximum atomic E-state index is 13.3. The molecule has 0 fully saturated rings. The highest BCUT2D eigenvalue weighted by molar-refractivity contribution is 5.97. The third kappa shape index (κ3) is 3.26. The average molecular weight is 276 g/mol. The van der Waals surface area contributed by atoms with Crippen molar-refractivity contribution in [2.45, 2.75) is 20.0 Å². The lowest BCUT2D eigenvalue weighted by atomic mass is 9.97. The Kier molecular flexibility index (Phi) is 4.23. The molecule has 0 aliphatic heterocycles. The van der Waals surface area contributed by atoms with Gasteiger partial charge in [-0.15, -0.1) is 0 Å². The van der Waals surface area contributed by atoms with Crippen molar-refractivity contribution >= 4 is 5.78 Å². The smallest absolute Gasteiger partial charge is 0.163 e. The van der Waals surface area contributed by atoms with Crippen LogP contribution in [0.2, 0.25) is 0 Å². The van der Waals surface area contributed by atoms with E-state index in [1.165, 1.54) is 25.1 Å². The molecule has 4 heteroatoms. The number of allylic oxidation sites excluding steroid dienone is 2. The standard InChI is InChI=1S/C16H17FO3/c1-10-7-12(3-5-15(10)17)9-20-13-4-6-16(19)14(8-13)11(2)18/h3-8,10,15,19H,9H2,1-2H3. The van der Waals surface area contributed by atoms with Crippen LogP contribution in [0.4, 0.5) is 4.39 Å². The molecule has 106 valence electrons. The Labute approximate surface area is 117 Å². The second kappa shape index (κ2) is 5.90. The van der Waals surface area contributed by atoms with Crippen LogP contribution < -0.4 is 4.74 Å². The number of carbonyl (C=O) groups is 1. The van der Waals surface area contributed by atoms with Crippen molar-refractivity contribution in [1.82, 2.24) is 0 Å². The summed E-state index contributed by atoms with van der Waals surface area (Å²) in [4.78, 5) is 11.3. The Bertz CT molecular complexity index is 575. The Morgan fingerprint density at radius 3 is 2.85 bits per heavy atom. The Morgan fingerprint density at radius 2 is 2.20 bits per heavy atom. The molecule has 20 heavy (non-hydrogen) atoms. The van der Waals surface area contributed by atoms with E-state index < -0.39 is 6.17 Å². The minimum absolute atomic E-state index is 0.0597. The van der Waals surface area contributed by atoms with Crippen molar-refractivity contribution in [2.24, 2.45) is 5.92 Å². The molecule has 0 saturated carbocycles. The first-order valence-electron chi connectivity index (χ1n) is 6.47. The van der Waals surface area contributed by atoms with Crippen molar-refractivity contribution in [3.63, 3.8) is 0 Å². The molecule has 0 bridgehead atoms. The first kappa shape index (κ1) is 14.3. The normalized spacial score (nSPS) is 21.4. The van der Waals surface area contributed by atoms with Gasteiger partial charge in [-0.25, -0.2) is 4.39 Å². The molecule has 0 amide bonds. The SMILES string of the molecule is CC(=O)c1cc(OCC2=CC(C)C(F)C=C2)ccc1O. The van der Waals surface area contributed by atoms with E-state index in [1.807, 2.05) is 13.0 Å². The molecule has 1 aromatic carbocycles. The van der Waals surface area contributed by atoms with Crippen LogP contribution in [-0.4, -0.2) is 23.7 Å². The number of hydrogen-bond acceptors (Lipinski definition) is 3. The highest BCUT2D eigenvalue weighted by Gasteiger charge is 2.15. The molecule has 0 heterocycles. The molecule has 1 aliphatic rings. The number of hydrogen-bond donors (Lipinski definition) is 1. The lowest BCUT2D eigenvalue weighted by Gasteiger charge is -2.17. The predicted molar refractivity (Wildman–Crippen MR) is 74.9 cm³/mol. The zero-order valence-corrected chi connectivity index (χ0v) is 11.5. The van der Waals surface area contributed by atoms with Crippen LogP contribution >= 0.6 is 0 Å². The van der Waals surface area contributed by atoms with Gasteiger partial charge in [0.1, 0.15) is 24.3 Å². The van der Waals surface area contributed by atoms with Gasteiger partial charge in [0, 0.05) is 5.92 Å². The first-order chi connectivity index (χ1) is 9.47. The zero-order valence-electron chi connectivity index (χ0n) is 11.5. The summed E-state index contributed by atoms with van der Waals surface area (Å²) in [5, 5.41) is 9.55. The van der Waals surface area contributed by atoms with Crippen LogP contribution in [0.1, 0.15) is 24.2 Å². The highest BCUT2D eigenvalue weighted by atomic mass is 19.1. The lowest BCUT2D eigenvalue weighted by molar-refractivity contribution is 0.101. The van der Waals surface area contributed by atoms with Gasteiger partial charge in [-0.3, -0.25) is 4.79 Å². The summed E-state index contributed by atoms with van der Waals surface area (Å²) in [6.07, 6.45) is 4.10. The average Bonchev–Trinajstić information content (AvgIpc) is 2.41. The van der Waals surface area contributed by atoms with Crippen LogP contribution in [0, 0.1) is 5.92 Å². The summed E-state index contributed by atoms with van der Waals surface area (Å²) in [7, 11) is 0. The number of phenolic OH excluding ortho intramolecular Hbond substituents is 1. The van der Waals surface area contributed by atoms with E-state index in [-0.39, 0.29) is 23.0 Å². The summed E-state index contributed by atoms with van der Waals surface area (Å²) in [6, 6.07) is 4.53. The quantitative estimate of drug-likeness (QED) is 0.857. The molecule has 2 atom stereocenters. The molecule has 0 radical (unpaired) electrons. The van der Waals surface area contributed by atoms with E-state index >= 15 is 0 Å². The molecule has 1 aliphatic carbocycles. The van der Waals surface area contributed by atoms with E-state index in [2.05, 4.69) is 0 Å². The second-order valence-electron chi connectivity index (χ2n) is 4.93. The molecule has 1 N–H and O–H groups in total. The number of ether oxygens (including phenoxy) is 1. The summed E-state index contributed by atoms with van der Waals surface area (Å²) >= 11 is 0. The van der Waals surface area contributed by atoms with Gasteiger partial charge in [-0.05, 0) is 36.8 Å². The molecule has 3 nitrogen and oxygen atoms in total. The number of benzene rings is 1. The number of halogens is 1. The zero-order chi connectivity index (χ0) is 14.7. The van der Waals surface area contributed by atoms with E-state index in [9.17, 15) is 14.3 Å². The van der Waals surface area contributed by atoms with Crippen molar-refractivity contribution in [3.8, 4) is 11.5 Å². The number of phenols is 1. The topological polar surface area (TPSA) is 46.5 Å². The second-order valence-corrected chi connectivity index (χ2v) is 4.93. The molecule has 1 aromatic rings. The van der Waals surface area contributed by atoms with Gasteiger partial charge >= 0.3 is 0 Å². The monoisotopic (exact) mass is 276 g/mol. The van der Waals surface area contributed by atoms with Crippen molar-refractivity contribution in [1.29, 1.82) is 0 Å². The molecule has 0 spiro atoms. The first-order valence-corrected chi connectivity index (χ1v) is 6.47. The minimum atomic E-state index is -0.947. The summed E-state index contributed by atoms with van der Waals surface area (Å²) < 4.78 is 18.8. The number of alkyl halides is 1. The molecular formula is C16H17FO3. The van der Waals surface area contributed by atoms with Crippen molar-refractivity contribution in [3.05, 3.63) is 47.6 Å². The van der Waals surface area contributed by atoms with Gasteiger partial charge in [0.2, 0.25) is 0 Å². The van der Waals surface area contributed by atoms with Crippen molar-refractivity contribution in [2.75, 3.05) is 6.61 Å². The van der Waals surface area contributed by atoms with Crippen molar-refractivity contribution < 1.29 is 19.0 Å². The lowest BCUT2D eigenvalue weighted by Crippen LogP contribution is -2.13. The van der Waals surface area contributed by atoms with E-state index in [0.29, 0.717) is 12.4 Å². The largest absolute Gasteiger partial charge is 0.507 e. The van der Waals surface area contributed by atoms with Crippen LogP contribution in [0.5, 0.6) is 11.5 Å². The van der Waals surface area contributed by atoms with Gasteiger partial charge in [0.25, 0.3) is 0 Å². The maximum absolute atomic E-state index is 13.3. The molecular weight excluding hydrogens is 259 g/mol. The molecule has 2 rings (SSSR count). The number of rotatable bonds is 4. The van der Waals surface area contributed by atoms with Gasteiger partial charge in [-0.1, -0.05) is 19.1 Å². The Morgan fingerprint density at radius 1 is 1.45 bits per heavy atom. The number of carbonyl (C=O) groups excluding carboxylic acids is 1. The van der Waals surface area contributed by atoms with Gasteiger partial charge < -0.3 is 9.84 Å². The fraction of sp³-hybridized carbons (Fsp3) is 0.312. The molecule has 2 unspecified atom stereocenters. The van der Waals surface area contributed by atoms with E-state index in [4.69, 9.17) is 4.74 Å². The van der Waals surface area contributed by atoms with Crippen LogP contribution in [0.3, 0.4) is 0 Å². The number of Topliss-reactive ketones (excluding diaryl/α,β-unsaturated/α-hetero) is 1. The fourth-order valence-corrected chi connectivity index (χ4v) is 2.03. The third-order valence-electron chi connectivity index (χ3n) is 3.23. The van der Waals surface area contributed by atoms with Crippen LogP contribution in [0.15, 0.2) is 42.0 Å². The predicted octanol–water partition coefficient (Wildman–Crippen LogP) is 3.44. The van der Waals surface area contributed by atoms with Crippen LogP contribution in [0.25, 0.3) is 0 Å².